The molecule has 1 atom stereocenters. The predicted octanol–water partition coefficient (Wildman–Crippen LogP) is 4.29. The van der Waals surface area contributed by atoms with Crippen LogP contribution in [-0.4, -0.2) is 71.0 Å². The van der Waals surface area contributed by atoms with Crippen molar-refractivity contribution in [1.29, 1.82) is 0 Å². The normalized spacial score (nSPS) is 23.6. The van der Waals surface area contributed by atoms with Gasteiger partial charge in [0.15, 0.2) is 0 Å². The minimum Gasteiger partial charge on any atom is -0.351 e. The van der Waals surface area contributed by atoms with E-state index in [0.29, 0.717) is 23.4 Å². The molecule has 1 aliphatic carbocycles. The molecule has 206 valence electrons. The Morgan fingerprint density at radius 2 is 1.90 bits per heavy atom. The van der Waals surface area contributed by atoms with E-state index >= 15 is 0 Å². The standard InChI is InChI=1S/C31H40N6O2/c1-20-15-21(2)35-31(39)27(20)18-33-30(38)26-16-23(17-29-28(26)19-34-37(29)25-5-3-4-6-25)22-9-13-36(14-10-22)24-7-11-32-12-8-24/h9,15-17,19,24-25,27,32H,3-8,10-14,18H2,1-2H3,(H,33,38). The van der Waals surface area contributed by atoms with Crippen LogP contribution in [0, 0.1) is 5.92 Å². The van der Waals surface area contributed by atoms with Crippen LogP contribution in [-0.2, 0) is 4.79 Å². The number of aromatic nitrogens is 2. The van der Waals surface area contributed by atoms with Crippen LogP contribution in [0.3, 0.4) is 0 Å². The van der Waals surface area contributed by atoms with Crippen LogP contribution in [0.25, 0.3) is 16.5 Å². The topological polar surface area (TPSA) is 91.6 Å². The van der Waals surface area contributed by atoms with Crippen molar-refractivity contribution in [2.24, 2.45) is 10.9 Å². The van der Waals surface area contributed by atoms with Gasteiger partial charge in [-0.15, -0.1) is 0 Å². The highest BCUT2D eigenvalue weighted by Crippen LogP contribution is 2.35. The van der Waals surface area contributed by atoms with Crippen LogP contribution >= 0.6 is 0 Å². The summed E-state index contributed by atoms with van der Waals surface area (Å²) in [7, 11) is 0. The van der Waals surface area contributed by atoms with Gasteiger partial charge in [0.2, 0.25) is 0 Å². The van der Waals surface area contributed by atoms with E-state index < -0.39 is 5.92 Å². The van der Waals surface area contributed by atoms with Gasteiger partial charge in [-0.1, -0.05) is 24.5 Å². The van der Waals surface area contributed by atoms with E-state index in [9.17, 15) is 9.59 Å². The first-order valence-corrected chi connectivity index (χ1v) is 14.7. The fourth-order valence-corrected chi connectivity index (χ4v) is 6.86. The fourth-order valence-electron chi connectivity index (χ4n) is 6.86. The minimum atomic E-state index is -0.417. The maximum Gasteiger partial charge on any atom is 0.254 e. The molecule has 4 aliphatic rings. The number of piperidine rings is 1. The largest absolute Gasteiger partial charge is 0.351 e. The number of rotatable bonds is 6. The number of benzene rings is 1. The zero-order valence-electron chi connectivity index (χ0n) is 23.2. The van der Waals surface area contributed by atoms with Crippen molar-refractivity contribution in [3.63, 3.8) is 0 Å². The number of allylic oxidation sites excluding steroid dienone is 1. The molecule has 2 amide bonds. The van der Waals surface area contributed by atoms with E-state index in [1.54, 1.807) is 0 Å². The first-order chi connectivity index (χ1) is 19.0. The van der Waals surface area contributed by atoms with E-state index in [-0.39, 0.29) is 18.4 Å². The van der Waals surface area contributed by atoms with Crippen LogP contribution in [0.15, 0.2) is 41.0 Å². The molecule has 2 fully saturated rings. The Balaban J connectivity index is 1.28. The Hall–Kier alpha value is -3.10. The van der Waals surface area contributed by atoms with Gasteiger partial charge < -0.3 is 10.6 Å². The van der Waals surface area contributed by atoms with Crippen molar-refractivity contribution in [3.05, 3.63) is 47.2 Å². The third-order valence-electron chi connectivity index (χ3n) is 9.11. The predicted molar refractivity (Wildman–Crippen MR) is 155 cm³/mol. The average molecular weight is 529 g/mol. The van der Waals surface area contributed by atoms with Crippen molar-refractivity contribution in [2.75, 3.05) is 32.7 Å². The maximum absolute atomic E-state index is 13.7. The Bertz CT molecular complexity index is 1360. The molecular weight excluding hydrogens is 488 g/mol. The monoisotopic (exact) mass is 528 g/mol. The molecule has 39 heavy (non-hydrogen) atoms. The number of aliphatic imine (C=N–C) groups is 1. The summed E-state index contributed by atoms with van der Waals surface area (Å²) in [5, 5.41) is 12.2. The van der Waals surface area contributed by atoms with Gasteiger partial charge >= 0.3 is 0 Å². The molecule has 1 saturated carbocycles. The van der Waals surface area contributed by atoms with Crippen molar-refractivity contribution in [3.8, 4) is 0 Å². The van der Waals surface area contributed by atoms with Crippen LogP contribution in [0.2, 0.25) is 0 Å². The molecule has 1 aromatic heterocycles. The number of hydrogen-bond acceptors (Lipinski definition) is 5. The summed E-state index contributed by atoms with van der Waals surface area (Å²) in [6, 6.07) is 5.33. The number of fused-ring (bicyclic) bond motifs is 1. The summed E-state index contributed by atoms with van der Waals surface area (Å²) < 4.78 is 2.16. The maximum atomic E-state index is 13.7. The zero-order chi connectivity index (χ0) is 26.9. The lowest BCUT2D eigenvalue weighted by atomic mass is 9.93. The summed E-state index contributed by atoms with van der Waals surface area (Å²) in [5.41, 5.74) is 5.75. The number of nitrogens with one attached hydrogen (secondary N) is 2. The quantitative estimate of drug-likeness (QED) is 0.584. The van der Waals surface area contributed by atoms with Crippen LogP contribution in [0.4, 0.5) is 0 Å². The number of carbonyl (C=O) groups is 2. The van der Waals surface area contributed by atoms with E-state index in [1.807, 2.05) is 32.2 Å². The van der Waals surface area contributed by atoms with Gasteiger partial charge in [0.1, 0.15) is 0 Å². The Morgan fingerprint density at radius 1 is 1.10 bits per heavy atom. The van der Waals surface area contributed by atoms with Crippen molar-refractivity contribution in [2.45, 2.75) is 70.9 Å². The number of nitrogens with zero attached hydrogens (tertiary/aromatic N) is 4. The molecule has 6 rings (SSSR count). The van der Waals surface area contributed by atoms with Crippen LogP contribution in [0.5, 0.6) is 0 Å². The Kier molecular flexibility index (Phi) is 7.49. The van der Waals surface area contributed by atoms with Gasteiger partial charge in [-0.05, 0) is 88.4 Å². The molecular formula is C31H40N6O2. The molecule has 4 heterocycles. The molecule has 1 aromatic carbocycles. The molecule has 8 nitrogen and oxygen atoms in total. The SMILES string of the molecule is CC1=CC(C)=NC(=O)C1CNC(=O)c1cc(C2=CCN(C3CCNCC3)CC2)cc2c1cnn2C1CCCC1. The van der Waals surface area contributed by atoms with Crippen LogP contribution < -0.4 is 10.6 Å². The molecule has 0 radical (unpaired) electrons. The number of dihydropyridines is 1. The second-order valence-corrected chi connectivity index (χ2v) is 11.7. The van der Waals surface area contributed by atoms with Gasteiger partial charge in [0, 0.05) is 36.8 Å². The molecule has 1 saturated heterocycles. The highest BCUT2D eigenvalue weighted by Gasteiger charge is 2.27. The molecule has 8 heteroatoms. The lowest BCUT2D eigenvalue weighted by Crippen LogP contribution is -2.44. The number of hydrogen-bond donors (Lipinski definition) is 2. The van der Waals surface area contributed by atoms with E-state index in [0.717, 1.165) is 67.5 Å². The number of amides is 2. The van der Waals surface area contributed by atoms with Crippen molar-refractivity contribution < 1.29 is 9.59 Å². The Morgan fingerprint density at radius 3 is 2.62 bits per heavy atom. The molecule has 3 aliphatic heterocycles. The highest BCUT2D eigenvalue weighted by molar-refractivity contribution is 6.08. The summed E-state index contributed by atoms with van der Waals surface area (Å²) >= 11 is 0. The van der Waals surface area contributed by atoms with E-state index in [1.165, 1.54) is 31.3 Å². The van der Waals surface area contributed by atoms with Gasteiger partial charge in [0.05, 0.1) is 29.2 Å². The van der Waals surface area contributed by atoms with E-state index in [4.69, 9.17) is 5.10 Å². The molecule has 1 unspecified atom stereocenters. The summed E-state index contributed by atoms with van der Waals surface area (Å²) in [5.74, 6) is -0.765. The second-order valence-electron chi connectivity index (χ2n) is 11.7. The third kappa shape index (κ3) is 5.37. The first kappa shape index (κ1) is 26.1. The van der Waals surface area contributed by atoms with Gasteiger partial charge in [-0.25, -0.2) is 4.99 Å². The average Bonchev–Trinajstić information content (AvgIpc) is 3.62. The molecule has 0 bridgehead atoms. The first-order valence-electron chi connectivity index (χ1n) is 14.7. The van der Waals surface area contributed by atoms with Crippen molar-refractivity contribution in [1.82, 2.24) is 25.3 Å². The molecule has 0 spiro atoms. The fraction of sp³-hybridized carbons (Fsp3) is 0.548. The van der Waals surface area contributed by atoms with Crippen molar-refractivity contribution >= 4 is 34.0 Å². The van der Waals surface area contributed by atoms with Gasteiger partial charge in [0.25, 0.3) is 11.8 Å². The lowest BCUT2D eigenvalue weighted by molar-refractivity contribution is -0.120. The third-order valence-corrected chi connectivity index (χ3v) is 9.11. The lowest BCUT2D eigenvalue weighted by Gasteiger charge is -2.36. The van der Waals surface area contributed by atoms with Gasteiger partial charge in [-0.2, -0.15) is 5.10 Å². The summed E-state index contributed by atoms with van der Waals surface area (Å²) in [4.78, 5) is 32.9. The summed E-state index contributed by atoms with van der Waals surface area (Å²) in [6.07, 6.45) is 14.2. The summed E-state index contributed by atoms with van der Waals surface area (Å²) in [6.45, 7) is 8.21. The number of carbonyl (C=O) groups excluding carboxylic acids is 2. The van der Waals surface area contributed by atoms with E-state index in [2.05, 4.69) is 37.4 Å². The van der Waals surface area contributed by atoms with Gasteiger partial charge in [-0.3, -0.25) is 19.2 Å². The minimum absolute atomic E-state index is 0.160. The smallest absolute Gasteiger partial charge is 0.254 e. The Labute approximate surface area is 230 Å². The zero-order valence-corrected chi connectivity index (χ0v) is 23.2. The second kappa shape index (κ2) is 11.2. The van der Waals surface area contributed by atoms with Crippen LogP contribution in [0.1, 0.15) is 80.8 Å². The molecule has 2 aromatic rings. The highest BCUT2D eigenvalue weighted by atomic mass is 16.2. The molecule has 2 N–H and O–H groups in total.